The van der Waals surface area contributed by atoms with Gasteiger partial charge in [-0.2, -0.15) is 0 Å². The molecule has 0 aliphatic heterocycles. The number of rotatable bonds is 5. The largest absolute Gasteiger partial charge is 0.250 e. The predicted molar refractivity (Wildman–Crippen MR) is 88.2 cm³/mol. The van der Waals surface area contributed by atoms with Crippen molar-refractivity contribution in [2.45, 2.75) is 43.2 Å². The summed E-state index contributed by atoms with van der Waals surface area (Å²) in [6, 6.07) is 1.70. The Kier molecular flexibility index (Phi) is 5.57. The van der Waals surface area contributed by atoms with Crippen LogP contribution in [-0.2, 0) is 10.0 Å². The van der Waals surface area contributed by atoms with E-state index in [2.05, 4.69) is 20.7 Å². The molecule has 3 nitrogen and oxygen atoms in total. The lowest BCUT2D eigenvalue weighted by Gasteiger charge is -2.35. The molecule has 1 aliphatic rings. The second kappa shape index (κ2) is 6.65. The minimum atomic E-state index is -3.43. The second-order valence-corrected chi connectivity index (χ2v) is 10.2. The number of alkyl halides is 1. The number of sulfonamides is 1. The topological polar surface area (TPSA) is 46.2 Å². The quantitative estimate of drug-likeness (QED) is 0.750. The Labute approximate surface area is 138 Å². The first kappa shape index (κ1) is 16.7. The number of nitrogens with one attached hydrogen (secondary N) is 1. The lowest BCUT2D eigenvalue weighted by atomic mass is 9.76. The molecule has 2 rings (SSSR count). The van der Waals surface area contributed by atoms with Crippen LogP contribution in [0.5, 0.6) is 0 Å². The third-order valence-corrected chi connectivity index (χ3v) is 8.51. The lowest BCUT2D eigenvalue weighted by molar-refractivity contribution is 0.224. The van der Waals surface area contributed by atoms with Gasteiger partial charge in [-0.1, -0.05) is 19.3 Å². The van der Waals surface area contributed by atoms with E-state index in [4.69, 9.17) is 11.6 Å². The summed E-state index contributed by atoms with van der Waals surface area (Å²) in [6.07, 6.45) is 5.51. The molecule has 1 aromatic rings. The number of thiophene rings is 1. The van der Waals surface area contributed by atoms with Gasteiger partial charge in [0, 0.05) is 12.4 Å². The maximum Gasteiger partial charge on any atom is 0.250 e. The van der Waals surface area contributed by atoms with Crippen molar-refractivity contribution in [3.63, 3.8) is 0 Å². The molecule has 114 valence electrons. The van der Waals surface area contributed by atoms with Gasteiger partial charge in [0.1, 0.15) is 4.21 Å². The van der Waals surface area contributed by atoms with Gasteiger partial charge in [-0.05, 0) is 52.7 Å². The Balaban J connectivity index is 2.08. The van der Waals surface area contributed by atoms with Gasteiger partial charge < -0.3 is 0 Å². The Morgan fingerprint density at radius 2 is 2.05 bits per heavy atom. The average molecular weight is 401 g/mol. The van der Waals surface area contributed by atoms with Crippen LogP contribution in [0.3, 0.4) is 0 Å². The minimum absolute atomic E-state index is 0.0730. The maximum atomic E-state index is 12.3. The molecule has 1 N–H and O–H groups in total. The molecule has 0 aromatic carbocycles. The molecule has 1 heterocycles. The van der Waals surface area contributed by atoms with Crippen molar-refractivity contribution >= 4 is 48.9 Å². The van der Waals surface area contributed by atoms with Gasteiger partial charge >= 0.3 is 0 Å². The van der Waals surface area contributed by atoms with Gasteiger partial charge in [-0.15, -0.1) is 22.9 Å². The second-order valence-electron chi connectivity index (χ2n) is 5.54. The average Bonchev–Trinajstić information content (AvgIpc) is 2.79. The molecule has 1 saturated carbocycles. The Bertz CT molecular complexity index is 545. The van der Waals surface area contributed by atoms with Crippen LogP contribution in [0.2, 0.25) is 0 Å². The monoisotopic (exact) mass is 399 g/mol. The molecule has 0 radical (unpaired) electrons. The summed E-state index contributed by atoms with van der Waals surface area (Å²) in [5.74, 6) is 0.517. The fourth-order valence-corrected chi connectivity index (χ4v) is 6.33. The van der Waals surface area contributed by atoms with E-state index in [-0.39, 0.29) is 5.41 Å². The summed E-state index contributed by atoms with van der Waals surface area (Å²) in [4.78, 5) is 0. The third-order valence-electron chi connectivity index (χ3n) is 3.93. The fraction of sp³-hybridized carbons (Fsp3) is 0.692. The van der Waals surface area contributed by atoms with E-state index >= 15 is 0 Å². The van der Waals surface area contributed by atoms with Crippen molar-refractivity contribution in [1.82, 2.24) is 4.72 Å². The van der Waals surface area contributed by atoms with Crippen LogP contribution in [0.1, 0.15) is 37.7 Å². The molecular weight excluding hydrogens is 382 g/mol. The van der Waals surface area contributed by atoms with Crippen molar-refractivity contribution in [2.24, 2.45) is 5.41 Å². The molecule has 0 saturated heterocycles. The molecule has 0 unspecified atom stereocenters. The van der Waals surface area contributed by atoms with Crippen molar-refractivity contribution in [2.75, 3.05) is 12.4 Å². The number of aryl methyl sites for hydroxylation is 1. The zero-order chi connectivity index (χ0) is 14.8. The number of hydrogen-bond acceptors (Lipinski definition) is 3. The highest BCUT2D eigenvalue weighted by atomic mass is 79.9. The van der Waals surface area contributed by atoms with E-state index in [0.29, 0.717) is 16.6 Å². The minimum Gasteiger partial charge on any atom is -0.210 e. The first-order valence-corrected chi connectivity index (χ1v) is 10.3. The number of halogens is 2. The standard InChI is InChI=1S/C13H19BrClNO2S2/c1-10-7-11(19-12(10)14)20(17,18)16-9-13(8-15)5-3-2-4-6-13/h7,16H,2-6,8-9H2,1H3. The van der Waals surface area contributed by atoms with E-state index in [1.807, 2.05) is 6.92 Å². The van der Waals surface area contributed by atoms with Crippen molar-refractivity contribution < 1.29 is 8.42 Å². The summed E-state index contributed by atoms with van der Waals surface area (Å²) in [5, 5.41) is 0. The highest BCUT2D eigenvalue weighted by molar-refractivity contribution is 9.11. The van der Waals surface area contributed by atoms with Gasteiger partial charge in [0.25, 0.3) is 0 Å². The van der Waals surface area contributed by atoms with Gasteiger partial charge in [0.05, 0.1) is 3.79 Å². The Morgan fingerprint density at radius 1 is 1.40 bits per heavy atom. The molecule has 20 heavy (non-hydrogen) atoms. The molecular formula is C13H19BrClNO2S2. The third kappa shape index (κ3) is 3.77. The van der Waals surface area contributed by atoms with E-state index in [0.717, 1.165) is 35.0 Å². The predicted octanol–water partition coefficient (Wildman–Crippen LogP) is 4.29. The van der Waals surface area contributed by atoms with Gasteiger partial charge in [-0.25, -0.2) is 13.1 Å². The highest BCUT2D eigenvalue weighted by Gasteiger charge is 2.33. The summed E-state index contributed by atoms with van der Waals surface area (Å²) in [7, 11) is -3.43. The van der Waals surface area contributed by atoms with E-state index in [1.54, 1.807) is 6.07 Å². The first-order chi connectivity index (χ1) is 9.38. The van der Waals surface area contributed by atoms with Crippen LogP contribution in [0.25, 0.3) is 0 Å². The molecule has 1 aliphatic carbocycles. The van der Waals surface area contributed by atoms with Crippen LogP contribution in [0.15, 0.2) is 14.1 Å². The van der Waals surface area contributed by atoms with Crippen molar-refractivity contribution in [1.29, 1.82) is 0 Å². The van der Waals surface area contributed by atoms with E-state index in [9.17, 15) is 8.42 Å². The lowest BCUT2D eigenvalue weighted by Crippen LogP contribution is -2.40. The summed E-state index contributed by atoms with van der Waals surface area (Å²) >= 11 is 10.7. The van der Waals surface area contributed by atoms with Crippen LogP contribution < -0.4 is 4.72 Å². The van der Waals surface area contributed by atoms with Crippen LogP contribution in [0.4, 0.5) is 0 Å². The van der Waals surface area contributed by atoms with Crippen LogP contribution in [-0.4, -0.2) is 20.8 Å². The fourth-order valence-electron chi connectivity index (χ4n) is 2.54. The van der Waals surface area contributed by atoms with Gasteiger partial charge in [0.15, 0.2) is 0 Å². The van der Waals surface area contributed by atoms with Crippen molar-refractivity contribution in [3.8, 4) is 0 Å². The summed E-state index contributed by atoms with van der Waals surface area (Å²) < 4.78 is 28.6. The Morgan fingerprint density at radius 3 is 2.55 bits per heavy atom. The molecule has 1 fully saturated rings. The molecule has 0 spiro atoms. The molecule has 1 aromatic heterocycles. The zero-order valence-corrected chi connectivity index (χ0v) is 15.4. The molecule has 7 heteroatoms. The first-order valence-electron chi connectivity index (χ1n) is 6.70. The van der Waals surface area contributed by atoms with E-state index < -0.39 is 10.0 Å². The summed E-state index contributed by atoms with van der Waals surface area (Å²) in [6.45, 7) is 2.33. The van der Waals surface area contributed by atoms with Gasteiger partial charge in [0.2, 0.25) is 10.0 Å². The molecule has 0 atom stereocenters. The van der Waals surface area contributed by atoms with Crippen LogP contribution in [0, 0.1) is 12.3 Å². The van der Waals surface area contributed by atoms with Crippen molar-refractivity contribution in [3.05, 3.63) is 15.4 Å². The normalized spacial score (nSPS) is 19.1. The highest BCUT2D eigenvalue weighted by Crippen LogP contribution is 2.37. The number of hydrogen-bond donors (Lipinski definition) is 1. The van der Waals surface area contributed by atoms with E-state index in [1.165, 1.54) is 17.8 Å². The maximum absolute atomic E-state index is 12.3. The molecule has 0 amide bonds. The zero-order valence-electron chi connectivity index (χ0n) is 11.4. The SMILES string of the molecule is Cc1cc(S(=O)(=O)NCC2(CCl)CCCCC2)sc1Br. The van der Waals surface area contributed by atoms with Gasteiger partial charge in [-0.3, -0.25) is 0 Å². The molecule has 0 bridgehead atoms. The summed E-state index contributed by atoms with van der Waals surface area (Å²) in [5.41, 5.74) is 0.872. The Hall–Kier alpha value is 0.380. The van der Waals surface area contributed by atoms with Crippen LogP contribution >= 0.6 is 38.9 Å². The smallest absolute Gasteiger partial charge is 0.210 e.